The molecule has 1 aromatic carbocycles. The van der Waals surface area contributed by atoms with Crippen molar-refractivity contribution >= 4 is 17.1 Å². The molecule has 0 bridgehead atoms. The lowest BCUT2D eigenvalue weighted by atomic mass is 9.98. The molecule has 0 aromatic heterocycles. The van der Waals surface area contributed by atoms with Gasteiger partial charge in [0.15, 0.2) is 0 Å². The third kappa shape index (κ3) is 3.85. The minimum absolute atomic E-state index is 0.0261. The molecule has 1 fully saturated rings. The van der Waals surface area contributed by atoms with Crippen molar-refractivity contribution in [2.75, 3.05) is 30.3 Å². The van der Waals surface area contributed by atoms with Gasteiger partial charge in [-0.3, -0.25) is 10.1 Å². The Kier molecular flexibility index (Phi) is 5.01. The zero-order valence-electron chi connectivity index (χ0n) is 12.7. The fourth-order valence-corrected chi connectivity index (χ4v) is 2.86. The number of benzene rings is 1. The highest BCUT2D eigenvalue weighted by Gasteiger charge is 2.21. The Morgan fingerprint density at radius 1 is 1.52 bits per heavy atom. The molecule has 0 aliphatic carbocycles. The van der Waals surface area contributed by atoms with E-state index in [9.17, 15) is 10.1 Å². The first-order valence-corrected chi connectivity index (χ1v) is 7.50. The van der Waals surface area contributed by atoms with Crippen molar-refractivity contribution in [3.05, 3.63) is 28.3 Å². The first kappa shape index (κ1) is 15.6. The molecule has 0 saturated carbocycles. The van der Waals surface area contributed by atoms with Crippen LogP contribution in [0.2, 0.25) is 0 Å². The van der Waals surface area contributed by atoms with E-state index in [2.05, 4.69) is 24.1 Å². The number of nitrogen functional groups attached to an aromatic ring is 1. The Hall–Kier alpha value is -1.82. The number of piperidine rings is 1. The van der Waals surface area contributed by atoms with Crippen molar-refractivity contribution in [2.45, 2.75) is 32.7 Å². The molecule has 1 aliphatic rings. The molecule has 0 amide bonds. The summed E-state index contributed by atoms with van der Waals surface area (Å²) < 4.78 is 0. The molecule has 116 valence electrons. The summed E-state index contributed by atoms with van der Waals surface area (Å²) in [4.78, 5) is 12.7. The van der Waals surface area contributed by atoms with Crippen LogP contribution in [0.1, 0.15) is 26.7 Å². The highest BCUT2D eigenvalue weighted by atomic mass is 16.6. The Bertz CT molecular complexity index is 498. The van der Waals surface area contributed by atoms with E-state index in [0.29, 0.717) is 12.0 Å². The molecule has 6 heteroatoms. The summed E-state index contributed by atoms with van der Waals surface area (Å²) in [6.07, 6.45) is 2.43. The Morgan fingerprint density at radius 2 is 2.29 bits per heavy atom. The molecule has 0 spiro atoms. The Morgan fingerprint density at radius 3 is 2.81 bits per heavy atom. The summed E-state index contributed by atoms with van der Waals surface area (Å²) in [5, 5.41) is 14.3. The van der Waals surface area contributed by atoms with Crippen LogP contribution in [0.5, 0.6) is 0 Å². The van der Waals surface area contributed by atoms with Crippen LogP contribution in [0.4, 0.5) is 17.1 Å². The van der Waals surface area contributed by atoms with Gasteiger partial charge in [0.1, 0.15) is 5.69 Å². The van der Waals surface area contributed by atoms with Gasteiger partial charge >= 0.3 is 0 Å². The minimum atomic E-state index is -0.441. The van der Waals surface area contributed by atoms with Gasteiger partial charge in [-0.2, -0.15) is 0 Å². The largest absolute Gasteiger partial charge is 0.393 e. The van der Waals surface area contributed by atoms with E-state index >= 15 is 0 Å². The maximum absolute atomic E-state index is 10.9. The van der Waals surface area contributed by atoms with E-state index in [1.54, 1.807) is 12.1 Å². The molecule has 21 heavy (non-hydrogen) atoms. The summed E-state index contributed by atoms with van der Waals surface area (Å²) in [5.41, 5.74) is 6.97. The van der Waals surface area contributed by atoms with Gasteiger partial charge in [-0.1, -0.05) is 0 Å². The predicted molar refractivity (Wildman–Crippen MR) is 85.6 cm³/mol. The summed E-state index contributed by atoms with van der Waals surface area (Å²) in [7, 11) is 0. The van der Waals surface area contributed by atoms with Gasteiger partial charge in [0.2, 0.25) is 0 Å². The van der Waals surface area contributed by atoms with Gasteiger partial charge in [0.05, 0.1) is 4.92 Å². The number of hydrogen-bond acceptors (Lipinski definition) is 5. The second-order valence-corrected chi connectivity index (χ2v) is 5.96. The van der Waals surface area contributed by atoms with Crippen LogP contribution in [0.25, 0.3) is 0 Å². The maximum Gasteiger partial charge on any atom is 0.292 e. The molecule has 1 atom stereocenters. The number of hydrogen-bond donors (Lipinski definition) is 2. The van der Waals surface area contributed by atoms with E-state index < -0.39 is 4.92 Å². The van der Waals surface area contributed by atoms with E-state index in [1.165, 1.54) is 18.9 Å². The quantitative estimate of drug-likeness (QED) is 0.494. The lowest BCUT2D eigenvalue weighted by Gasteiger charge is -2.34. The average molecular weight is 292 g/mol. The third-order valence-corrected chi connectivity index (χ3v) is 4.02. The lowest BCUT2D eigenvalue weighted by Crippen LogP contribution is -2.41. The number of nitrogens with zero attached hydrogens (tertiary/aromatic N) is 2. The Balaban J connectivity index is 2.17. The van der Waals surface area contributed by atoms with Crippen LogP contribution in [-0.4, -0.2) is 30.6 Å². The first-order chi connectivity index (χ1) is 9.99. The molecule has 6 nitrogen and oxygen atoms in total. The number of nitrogens with one attached hydrogen (secondary N) is 1. The zero-order chi connectivity index (χ0) is 15.4. The molecule has 1 heterocycles. The molecule has 1 saturated heterocycles. The topological polar surface area (TPSA) is 84.4 Å². The number of rotatable bonds is 5. The average Bonchev–Trinajstić information content (AvgIpc) is 2.45. The predicted octanol–water partition coefficient (Wildman–Crippen LogP) is 2.39. The van der Waals surface area contributed by atoms with Crippen molar-refractivity contribution in [2.24, 2.45) is 5.92 Å². The highest BCUT2D eigenvalue weighted by Crippen LogP contribution is 2.29. The number of nitrogens with two attached hydrogens (primary N) is 1. The standard InChI is InChI=1S/C15H24N4O2/c1-11(2)18(10-12-4-3-7-17-9-12)13-5-6-15(19(20)21)14(16)8-13/h5-6,8,11-12,17H,3-4,7,9-10,16H2,1-2H3. The molecular formula is C15H24N4O2. The summed E-state index contributed by atoms with van der Waals surface area (Å²) in [5.74, 6) is 0.609. The second kappa shape index (κ2) is 6.76. The summed E-state index contributed by atoms with van der Waals surface area (Å²) in [6, 6.07) is 5.34. The van der Waals surface area contributed by atoms with Crippen molar-refractivity contribution in [1.82, 2.24) is 5.32 Å². The molecular weight excluding hydrogens is 268 g/mol. The number of nitro groups is 1. The highest BCUT2D eigenvalue weighted by molar-refractivity contribution is 5.66. The molecule has 3 N–H and O–H groups in total. The fraction of sp³-hybridized carbons (Fsp3) is 0.600. The van der Waals surface area contributed by atoms with Crippen molar-refractivity contribution in [1.29, 1.82) is 0 Å². The van der Waals surface area contributed by atoms with Crippen LogP contribution < -0.4 is 16.0 Å². The Labute approximate surface area is 125 Å². The number of nitro benzene ring substituents is 1. The second-order valence-electron chi connectivity index (χ2n) is 5.96. The van der Waals surface area contributed by atoms with Gasteiger partial charge in [-0.15, -0.1) is 0 Å². The zero-order valence-corrected chi connectivity index (χ0v) is 12.7. The van der Waals surface area contributed by atoms with Crippen LogP contribution in [0.3, 0.4) is 0 Å². The smallest absolute Gasteiger partial charge is 0.292 e. The number of anilines is 2. The lowest BCUT2D eigenvalue weighted by molar-refractivity contribution is -0.383. The summed E-state index contributed by atoms with van der Waals surface area (Å²) >= 11 is 0. The van der Waals surface area contributed by atoms with E-state index in [1.807, 2.05) is 0 Å². The first-order valence-electron chi connectivity index (χ1n) is 7.50. The van der Waals surface area contributed by atoms with Gasteiger partial charge in [-0.25, -0.2) is 0 Å². The fourth-order valence-electron chi connectivity index (χ4n) is 2.86. The van der Waals surface area contributed by atoms with E-state index in [4.69, 9.17) is 5.73 Å². The van der Waals surface area contributed by atoms with Gasteiger partial charge in [-0.05, 0) is 57.8 Å². The van der Waals surface area contributed by atoms with Crippen LogP contribution in [0, 0.1) is 16.0 Å². The summed E-state index contributed by atoms with van der Waals surface area (Å²) in [6.45, 7) is 7.35. The SMILES string of the molecule is CC(C)N(CC1CCCNC1)c1ccc([N+](=O)[O-])c(N)c1. The molecule has 1 aromatic rings. The van der Waals surface area contributed by atoms with E-state index in [0.717, 1.165) is 25.3 Å². The van der Waals surface area contributed by atoms with Crippen molar-refractivity contribution < 1.29 is 4.92 Å². The molecule has 2 rings (SSSR count). The van der Waals surface area contributed by atoms with Gasteiger partial charge in [0, 0.05) is 24.3 Å². The van der Waals surface area contributed by atoms with Crippen LogP contribution >= 0.6 is 0 Å². The van der Waals surface area contributed by atoms with Crippen molar-refractivity contribution in [3.63, 3.8) is 0 Å². The molecule has 1 aliphatic heterocycles. The minimum Gasteiger partial charge on any atom is -0.393 e. The van der Waals surface area contributed by atoms with Crippen LogP contribution in [0.15, 0.2) is 18.2 Å². The normalized spacial score (nSPS) is 18.7. The van der Waals surface area contributed by atoms with Gasteiger partial charge in [0.25, 0.3) is 5.69 Å². The third-order valence-electron chi connectivity index (χ3n) is 4.02. The molecule has 1 unspecified atom stereocenters. The molecule has 0 radical (unpaired) electrons. The monoisotopic (exact) mass is 292 g/mol. The van der Waals surface area contributed by atoms with Crippen molar-refractivity contribution in [3.8, 4) is 0 Å². The van der Waals surface area contributed by atoms with E-state index in [-0.39, 0.29) is 11.4 Å². The van der Waals surface area contributed by atoms with Crippen LogP contribution in [-0.2, 0) is 0 Å². The van der Waals surface area contributed by atoms with Gasteiger partial charge < -0.3 is 16.0 Å². The maximum atomic E-state index is 10.9.